The maximum atomic E-state index is 13.3. The van der Waals surface area contributed by atoms with E-state index in [1.807, 2.05) is 48.5 Å². The third-order valence-electron chi connectivity index (χ3n) is 5.93. The van der Waals surface area contributed by atoms with Gasteiger partial charge in [0.05, 0.1) is 5.70 Å². The van der Waals surface area contributed by atoms with E-state index in [4.69, 9.17) is 0 Å². The Balaban J connectivity index is 1.75. The molecule has 28 heavy (non-hydrogen) atoms. The Kier molecular flexibility index (Phi) is 3.79. The molecule has 0 aromatic heterocycles. The minimum absolute atomic E-state index is 0.0233. The molecule has 0 radical (unpaired) electrons. The Hall–Kier alpha value is -2.46. The number of Topliss-reactive ketones (excluding diaryl/α,β-unsaturated/α-hetero) is 2. The maximum absolute atomic E-state index is 13.3. The molecule has 3 nitrogen and oxygen atoms in total. The van der Waals surface area contributed by atoms with E-state index in [9.17, 15) is 9.59 Å². The van der Waals surface area contributed by atoms with E-state index in [1.165, 1.54) is 0 Å². The van der Waals surface area contributed by atoms with Gasteiger partial charge in [0.2, 0.25) is 0 Å². The smallest absolute Gasteiger partial charge is 0.192 e. The molecular weight excluding hydrogens is 414 g/mol. The number of benzene rings is 2. The number of rotatable bonds is 1. The van der Waals surface area contributed by atoms with Crippen LogP contribution in [-0.4, -0.2) is 11.6 Å². The molecule has 140 valence electrons. The summed E-state index contributed by atoms with van der Waals surface area (Å²) in [6.07, 6.45) is 1.30. The second kappa shape index (κ2) is 6.02. The Labute approximate surface area is 172 Å². The van der Waals surface area contributed by atoms with Crippen molar-refractivity contribution in [2.45, 2.75) is 32.6 Å². The van der Waals surface area contributed by atoms with E-state index < -0.39 is 0 Å². The zero-order valence-electron chi connectivity index (χ0n) is 15.8. The normalized spacial score (nSPS) is 22.6. The van der Waals surface area contributed by atoms with E-state index in [2.05, 4.69) is 35.1 Å². The van der Waals surface area contributed by atoms with Gasteiger partial charge in [0.1, 0.15) is 0 Å². The number of carbonyl (C=O) groups is 2. The van der Waals surface area contributed by atoms with Crippen molar-refractivity contribution in [3.05, 3.63) is 86.5 Å². The highest BCUT2D eigenvalue weighted by Gasteiger charge is 2.46. The molecule has 3 aliphatic rings. The molecule has 2 aliphatic carbocycles. The molecule has 1 heterocycles. The van der Waals surface area contributed by atoms with Crippen LogP contribution in [0.5, 0.6) is 0 Å². The lowest BCUT2D eigenvalue weighted by Gasteiger charge is -2.39. The van der Waals surface area contributed by atoms with E-state index in [-0.39, 0.29) is 22.9 Å². The fourth-order valence-electron chi connectivity index (χ4n) is 4.78. The molecule has 0 fully saturated rings. The van der Waals surface area contributed by atoms with Gasteiger partial charge in [-0.2, -0.15) is 0 Å². The van der Waals surface area contributed by atoms with Crippen molar-refractivity contribution in [2.75, 3.05) is 0 Å². The van der Waals surface area contributed by atoms with E-state index in [0.29, 0.717) is 17.6 Å². The molecule has 0 unspecified atom stereocenters. The minimum atomic E-state index is -0.317. The highest BCUT2D eigenvalue weighted by Crippen LogP contribution is 2.51. The fraction of sp³-hybridized carbons (Fsp3) is 0.250. The fourth-order valence-corrected chi connectivity index (χ4v) is 5.04. The highest BCUT2D eigenvalue weighted by molar-refractivity contribution is 9.10. The number of fused-ring (bicyclic) bond motifs is 2. The first-order valence-electron chi connectivity index (χ1n) is 9.53. The molecule has 1 aliphatic heterocycles. The average molecular weight is 434 g/mol. The van der Waals surface area contributed by atoms with Gasteiger partial charge in [-0.05, 0) is 29.5 Å². The molecule has 0 spiro atoms. The second-order valence-electron chi connectivity index (χ2n) is 8.61. The number of hydrogen-bond acceptors (Lipinski definition) is 3. The maximum Gasteiger partial charge on any atom is 0.192 e. The molecule has 1 atom stereocenters. The highest BCUT2D eigenvalue weighted by atomic mass is 79.9. The molecular formula is C24H20BrNO2. The molecule has 2 aromatic rings. The topological polar surface area (TPSA) is 46.2 Å². The third-order valence-corrected chi connectivity index (χ3v) is 6.46. The van der Waals surface area contributed by atoms with Crippen molar-refractivity contribution < 1.29 is 9.59 Å². The minimum Gasteiger partial charge on any atom is -0.358 e. The quantitative estimate of drug-likeness (QED) is 0.655. The van der Waals surface area contributed by atoms with Crippen molar-refractivity contribution in [1.29, 1.82) is 0 Å². The van der Waals surface area contributed by atoms with Gasteiger partial charge in [0.15, 0.2) is 11.6 Å². The first kappa shape index (κ1) is 17.6. The predicted octanol–water partition coefficient (Wildman–Crippen LogP) is 5.39. The summed E-state index contributed by atoms with van der Waals surface area (Å²) in [5, 5.41) is 3.51. The molecule has 2 aromatic carbocycles. The van der Waals surface area contributed by atoms with Crippen molar-refractivity contribution in [3.63, 3.8) is 0 Å². The Morgan fingerprint density at radius 3 is 2.32 bits per heavy atom. The predicted molar refractivity (Wildman–Crippen MR) is 113 cm³/mol. The average Bonchev–Trinajstić information content (AvgIpc) is 2.93. The van der Waals surface area contributed by atoms with Crippen molar-refractivity contribution >= 4 is 33.2 Å². The first-order chi connectivity index (χ1) is 13.4. The Bertz CT molecular complexity index is 1110. The van der Waals surface area contributed by atoms with Gasteiger partial charge in [-0.3, -0.25) is 9.59 Å². The van der Waals surface area contributed by atoms with Gasteiger partial charge in [0.25, 0.3) is 0 Å². The molecule has 0 saturated carbocycles. The molecule has 1 N–H and O–H groups in total. The Morgan fingerprint density at radius 1 is 0.929 bits per heavy atom. The summed E-state index contributed by atoms with van der Waals surface area (Å²) in [5.74, 6) is -0.153. The summed E-state index contributed by atoms with van der Waals surface area (Å²) in [6.45, 7) is 4.26. The van der Waals surface area contributed by atoms with E-state index in [1.54, 1.807) is 0 Å². The van der Waals surface area contributed by atoms with Crippen LogP contribution in [0.1, 0.15) is 54.1 Å². The number of nitrogens with one attached hydrogen (secondary N) is 1. The standard InChI is InChI=1S/C24H20BrNO2/c1-24(2)11-17-20(18(27)12-24)19(13-7-9-14(25)10-8-13)21-22(26-17)15-5-3-4-6-16(15)23(21)28/h3-10,19,26H,11-12H2,1-2H3/t19-/m0/s1. The molecule has 5 rings (SSSR count). The summed E-state index contributed by atoms with van der Waals surface area (Å²) in [5.41, 5.74) is 5.86. The van der Waals surface area contributed by atoms with Crippen LogP contribution in [0.15, 0.2) is 69.8 Å². The lowest BCUT2D eigenvalue weighted by atomic mass is 9.68. The number of ketones is 2. The summed E-state index contributed by atoms with van der Waals surface area (Å²) < 4.78 is 0.978. The van der Waals surface area contributed by atoms with Crippen LogP contribution < -0.4 is 5.32 Å². The van der Waals surface area contributed by atoms with E-state index in [0.717, 1.165) is 39.0 Å². The first-order valence-corrected chi connectivity index (χ1v) is 10.3. The third kappa shape index (κ3) is 2.55. The zero-order chi connectivity index (χ0) is 19.6. The second-order valence-corrected chi connectivity index (χ2v) is 9.52. The summed E-state index contributed by atoms with van der Waals surface area (Å²) in [7, 11) is 0. The van der Waals surface area contributed by atoms with Gasteiger partial charge < -0.3 is 5.32 Å². The monoisotopic (exact) mass is 433 g/mol. The number of dihydropyridines is 1. The Morgan fingerprint density at radius 2 is 1.61 bits per heavy atom. The lowest BCUT2D eigenvalue weighted by Crippen LogP contribution is -2.37. The van der Waals surface area contributed by atoms with Crippen molar-refractivity contribution in [1.82, 2.24) is 5.32 Å². The molecule has 0 saturated heterocycles. The van der Waals surface area contributed by atoms with Crippen molar-refractivity contribution in [3.8, 4) is 0 Å². The van der Waals surface area contributed by atoms with Gasteiger partial charge in [-0.15, -0.1) is 0 Å². The largest absolute Gasteiger partial charge is 0.358 e. The van der Waals surface area contributed by atoms with Crippen LogP contribution in [0, 0.1) is 5.41 Å². The zero-order valence-corrected chi connectivity index (χ0v) is 17.4. The van der Waals surface area contributed by atoms with Gasteiger partial charge in [-0.25, -0.2) is 0 Å². The summed E-state index contributed by atoms with van der Waals surface area (Å²) >= 11 is 3.49. The molecule has 0 bridgehead atoms. The van der Waals surface area contributed by atoms with Crippen LogP contribution in [0.4, 0.5) is 0 Å². The number of halogens is 1. The number of allylic oxidation sites excluding steroid dienone is 3. The molecule has 4 heteroatoms. The number of carbonyl (C=O) groups excluding carboxylic acids is 2. The van der Waals surface area contributed by atoms with Gasteiger partial charge >= 0.3 is 0 Å². The van der Waals surface area contributed by atoms with Gasteiger partial charge in [-0.1, -0.05) is 66.2 Å². The van der Waals surface area contributed by atoms with Crippen LogP contribution in [0.25, 0.3) is 5.70 Å². The lowest BCUT2D eigenvalue weighted by molar-refractivity contribution is -0.118. The molecule has 0 amide bonds. The van der Waals surface area contributed by atoms with Crippen LogP contribution >= 0.6 is 15.9 Å². The SMILES string of the molecule is CC1(C)CC(=O)C2=C(C1)NC1=C(C(=O)c3ccccc31)[C@H]2c1ccc(Br)cc1. The van der Waals surface area contributed by atoms with Crippen molar-refractivity contribution in [2.24, 2.45) is 5.41 Å². The summed E-state index contributed by atoms with van der Waals surface area (Å²) in [6, 6.07) is 15.7. The van der Waals surface area contributed by atoms with E-state index >= 15 is 0 Å². The van der Waals surface area contributed by atoms with Crippen LogP contribution in [-0.2, 0) is 4.79 Å². The summed E-state index contributed by atoms with van der Waals surface area (Å²) in [4.78, 5) is 26.6. The van der Waals surface area contributed by atoms with Gasteiger partial charge in [0, 0.05) is 44.8 Å². The van der Waals surface area contributed by atoms with Crippen LogP contribution in [0.2, 0.25) is 0 Å². The number of hydrogen-bond donors (Lipinski definition) is 1. The van der Waals surface area contributed by atoms with Crippen LogP contribution in [0.3, 0.4) is 0 Å².